The number of hydrogen-bond acceptors (Lipinski definition) is 5. The predicted molar refractivity (Wildman–Crippen MR) is 133 cm³/mol. The predicted octanol–water partition coefficient (Wildman–Crippen LogP) is 5.61. The maximum absolute atomic E-state index is 12.8. The van der Waals surface area contributed by atoms with Gasteiger partial charge < -0.3 is 14.9 Å². The Kier molecular flexibility index (Phi) is 6.22. The van der Waals surface area contributed by atoms with Gasteiger partial charge in [0, 0.05) is 6.04 Å². The smallest absolute Gasteiger partial charge is 0.336 e. The van der Waals surface area contributed by atoms with Crippen molar-refractivity contribution in [2.45, 2.75) is 44.9 Å². The number of carbonyl (C=O) groups is 1. The van der Waals surface area contributed by atoms with Crippen LogP contribution in [0.4, 0.5) is 0 Å². The third kappa shape index (κ3) is 4.36. The normalized spacial score (nSPS) is 14.0. The summed E-state index contributed by atoms with van der Waals surface area (Å²) in [6.45, 7) is 0.0248. The summed E-state index contributed by atoms with van der Waals surface area (Å²) in [5.74, 6) is -0.358. The summed E-state index contributed by atoms with van der Waals surface area (Å²) in [5, 5.41) is 19.6. The lowest BCUT2D eigenvalue weighted by Gasteiger charge is -2.10. The van der Waals surface area contributed by atoms with Crippen molar-refractivity contribution in [3.8, 4) is 16.9 Å². The number of carboxylic acids is 1. The molecule has 1 aliphatic rings. The Balaban J connectivity index is 1.35. The maximum atomic E-state index is 12.8. The number of ether oxygens (including phenoxy) is 1. The zero-order valence-electron chi connectivity index (χ0n) is 18.6. The molecule has 0 spiro atoms. The zero-order chi connectivity index (χ0) is 23.7. The van der Waals surface area contributed by atoms with Gasteiger partial charge in [-0.1, -0.05) is 54.7 Å². The molecule has 34 heavy (non-hydrogen) atoms. The molecule has 1 aromatic heterocycles. The highest BCUT2D eigenvalue weighted by Gasteiger charge is 2.21. The first-order valence-electron chi connectivity index (χ1n) is 11.4. The van der Waals surface area contributed by atoms with Crippen LogP contribution >= 0.6 is 11.5 Å². The summed E-state index contributed by atoms with van der Waals surface area (Å²) in [4.78, 5) is 24.3. The van der Waals surface area contributed by atoms with E-state index < -0.39 is 5.97 Å². The highest BCUT2D eigenvalue weighted by atomic mass is 32.1. The molecule has 0 bridgehead atoms. The standard InChI is InChI=1S/C27H25NO5S/c29-15-20-9-8-19(13-24(20)27(31)32)18-5-3-4-17(12-18)16-33-22-10-11-23-25(14-22)34-28(26(23)30)21-6-1-2-7-21/h3-5,8-14,21,29H,1-2,6-7,15-16H2,(H,31,32). The van der Waals surface area contributed by atoms with E-state index in [0.29, 0.717) is 24.0 Å². The minimum Gasteiger partial charge on any atom is -0.489 e. The highest BCUT2D eigenvalue weighted by molar-refractivity contribution is 7.13. The summed E-state index contributed by atoms with van der Waals surface area (Å²) < 4.78 is 8.90. The first-order chi connectivity index (χ1) is 16.5. The van der Waals surface area contributed by atoms with E-state index >= 15 is 0 Å². The Morgan fingerprint density at radius 1 is 1.03 bits per heavy atom. The van der Waals surface area contributed by atoms with Crippen molar-refractivity contribution >= 4 is 27.6 Å². The molecule has 0 aliphatic heterocycles. The van der Waals surface area contributed by atoms with Gasteiger partial charge in [0.1, 0.15) is 12.4 Å². The van der Waals surface area contributed by atoms with Crippen LogP contribution in [0.5, 0.6) is 5.75 Å². The summed E-state index contributed by atoms with van der Waals surface area (Å²) in [6, 6.07) is 18.7. The molecule has 3 aromatic carbocycles. The molecule has 6 nitrogen and oxygen atoms in total. The minimum atomic E-state index is -1.06. The monoisotopic (exact) mass is 475 g/mol. The van der Waals surface area contributed by atoms with Gasteiger partial charge in [0.25, 0.3) is 5.56 Å². The number of nitrogens with zero attached hydrogens (tertiary/aromatic N) is 1. The minimum absolute atomic E-state index is 0.0958. The molecule has 1 saturated carbocycles. The van der Waals surface area contributed by atoms with E-state index in [1.54, 1.807) is 12.1 Å². The quantitative estimate of drug-likeness (QED) is 0.362. The highest BCUT2D eigenvalue weighted by Crippen LogP contribution is 2.33. The first kappa shape index (κ1) is 22.4. The second-order valence-electron chi connectivity index (χ2n) is 8.64. The number of aliphatic hydroxyl groups excluding tert-OH is 1. The average Bonchev–Trinajstić information content (AvgIpc) is 3.50. The third-order valence-electron chi connectivity index (χ3n) is 6.41. The van der Waals surface area contributed by atoms with Gasteiger partial charge in [-0.2, -0.15) is 0 Å². The molecule has 1 aliphatic carbocycles. The maximum Gasteiger partial charge on any atom is 0.336 e. The number of aromatic nitrogens is 1. The molecule has 0 radical (unpaired) electrons. The number of carboxylic acid groups (broad SMARTS) is 1. The molecule has 1 fully saturated rings. The van der Waals surface area contributed by atoms with Crippen molar-refractivity contribution in [2.75, 3.05) is 0 Å². The SMILES string of the molecule is O=C(O)c1cc(-c2cccc(COc3ccc4c(=O)n(C5CCCC5)sc4c3)c2)ccc1CO. The van der Waals surface area contributed by atoms with Gasteiger partial charge in [0.05, 0.1) is 22.3 Å². The van der Waals surface area contributed by atoms with Crippen LogP contribution in [0.3, 0.4) is 0 Å². The van der Waals surface area contributed by atoms with Crippen molar-refractivity contribution in [3.05, 3.63) is 87.7 Å². The van der Waals surface area contributed by atoms with Crippen molar-refractivity contribution < 1.29 is 19.7 Å². The van der Waals surface area contributed by atoms with Gasteiger partial charge in [-0.25, -0.2) is 4.79 Å². The number of aliphatic hydroxyl groups is 1. The van der Waals surface area contributed by atoms with Crippen LogP contribution in [0.25, 0.3) is 21.2 Å². The lowest BCUT2D eigenvalue weighted by atomic mass is 9.98. The Hall–Kier alpha value is -3.42. The molecule has 4 aromatic rings. The molecule has 0 saturated heterocycles. The van der Waals surface area contributed by atoms with E-state index in [4.69, 9.17) is 4.74 Å². The lowest BCUT2D eigenvalue weighted by molar-refractivity contribution is 0.0693. The van der Waals surface area contributed by atoms with E-state index in [-0.39, 0.29) is 17.7 Å². The molecule has 174 valence electrons. The van der Waals surface area contributed by atoms with E-state index in [1.807, 2.05) is 52.5 Å². The van der Waals surface area contributed by atoms with Gasteiger partial charge in [-0.3, -0.25) is 8.75 Å². The van der Waals surface area contributed by atoms with Crippen LogP contribution in [-0.2, 0) is 13.2 Å². The molecular weight excluding hydrogens is 450 g/mol. The molecule has 0 amide bonds. The summed E-state index contributed by atoms with van der Waals surface area (Å²) in [7, 11) is 0. The Morgan fingerprint density at radius 2 is 1.82 bits per heavy atom. The Morgan fingerprint density at radius 3 is 2.59 bits per heavy atom. The van der Waals surface area contributed by atoms with Crippen molar-refractivity contribution in [3.63, 3.8) is 0 Å². The largest absolute Gasteiger partial charge is 0.489 e. The van der Waals surface area contributed by atoms with Crippen LogP contribution < -0.4 is 10.3 Å². The van der Waals surface area contributed by atoms with Gasteiger partial charge in [0.15, 0.2) is 0 Å². The molecule has 5 rings (SSSR count). The second kappa shape index (κ2) is 9.44. The van der Waals surface area contributed by atoms with Crippen LogP contribution in [0, 0.1) is 0 Å². The molecule has 7 heteroatoms. The van der Waals surface area contributed by atoms with Crippen molar-refractivity contribution in [2.24, 2.45) is 0 Å². The van der Waals surface area contributed by atoms with Crippen molar-refractivity contribution in [1.82, 2.24) is 3.96 Å². The molecule has 1 heterocycles. The number of benzene rings is 3. The fourth-order valence-corrected chi connectivity index (χ4v) is 5.77. The zero-order valence-corrected chi connectivity index (χ0v) is 19.4. The average molecular weight is 476 g/mol. The van der Waals surface area contributed by atoms with Gasteiger partial charge >= 0.3 is 5.97 Å². The second-order valence-corrected chi connectivity index (χ2v) is 9.66. The topological polar surface area (TPSA) is 88.8 Å². The third-order valence-corrected chi connectivity index (χ3v) is 7.61. The molecular formula is C27H25NO5S. The van der Waals surface area contributed by atoms with Crippen LogP contribution in [0.15, 0.2) is 65.5 Å². The van der Waals surface area contributed by atoms with Gasteiger partial charge in [0.2, 0.25) is 0 Å². The van der Waals surface area contributed by atoms with E-state index in [9.17, 15) is 19.8 Å². The van der Waals surface area contributed by atoms with Crippen molar-refractivity contribution in [1.29, 1.82) is 0 Å². The number of aromatic carboxylic acids is 1. The summed E-state index contributed by atoms with van der Waals surface area (Å²) >= 11 is 1.52. The number of rotatable bonds is 7. The van der Waals surface area contributed by atoms with E-state index in [0.717, 1.165) is 39.6 Å². The number of fused-ring (bicyclic) bond motifs is 1. The number of hydrogen-bond donors (Lipinski definition) is 2. The fourth-order valence-electron chi connectivity index (χ4n) is 4.59. The molecule has 0 atom stereocenters. The van der Waals surface area contributed by atoms with E-state index in [1.165, 1.54) is 24.4 Å². The van der Waals surface area contributed by atoms with Gasteiger partial charge in [-0.15, -0.1) is 0 Å². The summed E-state index contributed by atoms with van der Waals surface area (Å²) in [6.07, 6.45) is 4.51. The lowest BCUT2D eigenvalue weighted by Crippen LogP contribution is -2.16. The van der Waals surface area contributed by atoms with E-state index in [2.05, 4.69) is 0 Å². The van der Waals surface area contributed by atoms with Crippen LogP contribution in [0.2, 0.25) is 0 Å². The fraction of sp³-hybridized carbons (Fsp3) is 0.259. The summed E-state index contributed by atoms with van der Waals surface area (Å²) in [5.41, 5.74) is 3.15. The van der Waals surface area contributed by atoms with Crippen LogP contribution in [-0.4, -0.2) is 20.1 Å². The molecule has 2 N–H and O–H groups in total. The van der Waals surface area contributed by atoms with Gasteiger partial charge in [-0.05, 0) is 65.4 Å². The Labute approximate surface area is 200 Å². The first-order valence-corrected chi connectivity index (χ1v) is 12.2. The Bertz CT molecular complexity index is 1410. The van der Waals surface area contributed by atoms with Crippen LogP contribution in [0.1, 0.15) is 53.2 Å². The molecule has 0 unspecified atom stereocenters.